The van der Waals surface area contributed by atoms with Gasteiger partial charge in [-0.25, -0.2) is 19.5 Å². The van der Waals surface area contributed by atoms with Crippen molar-refractivity contribution < 1.29 is 17.9 Å². The summed E-state index contributed by atoms with van der Waals surface area (Å²) in [6, 6.07) is 5.83. The number of hydrogen-bond acceptors (Lipinski definition) is 7. The number of morpholine rings is 1. The standard InChI is InChI=1S/C16H15F3N6O.C4H6N2/c1-10-8-24(4-5-26-10)15-6-11(21-9-22-15)12-7-20-14-3-2-13(16(17,18)19)23-25(12)14;1-4-2-3-5-6-4/h2-3,6-7,9-10H,4-5,8H2,1H3;2-3H,1H3,(H,5,6). The van der Waals surface area contributed by atoms with E-state index in [1.165, 1.54) is 18.6 Å². The smallest absolute Gasteiger partial charge is 0.375 e. The molecule has 0 aromatic carbocycles. The molecule has 1 atom stereocenters. The number of H-pyrrole nitrogens is 1. The van der Waals surface area contributed by atoms with E-state index in [9.17, 15) is 13.2 Å². The van der Waals surface area contributed by atoms with Crippen LogP contribution in [-0.4, -0.2) is 60.6 Å². The number of ether oxygens (including phenoxy) is 1. The number of aryl methyl sites for hydroxylation is 1. The molecule has 1 fully saturated rings. The maximum absolute atomic E-state index is 13.0. The summed E-state index contributed by atoms with van der Waals surface area (Å²) in [6.45, 7) is 5.89. The Bertz CT molecular complexity index is 1180. The van der Waals surface area contributed by atoms with Crippen LogP contribution in [0.5, 0.6) is 0 Å². The van der Waals surface area contributed by atoms with E-state index in [1.54, 1.807) is 12.3 Å². The number of halogens is 3. The minimum atomic E-state index is -4.53. The number of fused-ring (bicyclic) bond motifs is 1. The first-order valence-electron chi connectivity index (χ1n) is 9.88. The minimum absolute atomic E-state index is 0.0778. The van der Waals surface area contributed by atoms with Crippen molar-refractivity contribution in [2.75, 3.05) is 24.6 Å². The molecule has 5 rings (SSSR count). The maximum atomic E-state index is 13.0. The number of alkyl halides is 3. The highest BCUT2D eigenvalue weighted by molar-refractivity contribution is 5.62. The molecule has 0 amide bonds. The van der Waals surface area contributed by atoms with Crippen LogP contribution in [0, 0.1) is 6.92 Å². The Balaban J connectivity index is 0.000000354. The Kier molecular flexibility index (Phi) is 6.04. The zero-order valence-electron chi connectivity index (χ0n) is 17.4. The molecule has 0 aliphatic carbocycles. The number of anilines is 1. The SMILES string of the molecule is CC1CN(c2cc(-c3cnc4ccc(C(F)(F)F)nn34)ncn2)CCO1.Cc1ccn[nH]1. The quantitative estimate of drug-likeness (QED) is 0.505. The summed E-state index contributed by atoms with van der Waals surface area (Å²) in [7, 11) is 0. The van der Waals surface area contributed by atoms with Crippen molar-refractivity contribution in [3.8, 4) is 11.4 Å². The second kappa shape index (κ2) is 8.91. The van der Waals surface area contributed by atoms with E-state index in [2.05, 4.69) is 35.1 Å². The zero-order valence-corrected chi connectivity index (χ0v) is 17.4. The van der Waals surface area contributed by atoms with Crippen LogP contribution >= 0.6 is 0 Å². The maximum Gasteiger partial charge on any atom is 0.435 e. The second-order valence-corrected chi connectivity index (χ2v) is 7.26. The molecule has 168 valence electrons. The highest BCUT2D eigenvalue weighted by atomic mass is 19.4. The Hall–Kier alpha value is -3.54. The molecular formula is C20H21F3N8O. The number of nitrogens with one attached hydrogen (secondary N) is 1. The van der Waals surface area contributed by atoms with Gasteiger partial charge in [0.1, 0.15) is 17.8 Å². The monoisotopic (exact) mass is 446 g/mol. The van der Waals surface area contributed by atoms with Crippen molar-refractivity contribution in [2.24, 2.45) is 0 Å². The Morgan fingerprint density at radius 2 is 2.00 bits per heavy atom. The van der Waals surface area contributed by atoms with E-state index in [-0.39, 0.29) is 6.10 Å². The summed E-state index contributed by atoms with van der Waals surface area (Å²) < 4.78 is 45.5. The van der Waals surface area contributed by atoms with Gasteiger partial charge in [-0.05, 0) is 32.0 Å². The van der Waals surface area contributed by atoms with Crippen molar-refractivity contribution in [1.82, 2.24) is 34.8 Å². The van der Waals surface area contributed by atoms with Gasteiger partial charge in [-0.1, -0.05) is 0 Å². The van der Waals surface area contributed by atoms with Crippen molar-refractivity contribution in [2.45, 2.75) is 26.1 Å². The predicted octanol–water partition coefficient (Wildman–Crippen LogP) is 3.15. The molecule has 9 nitrogen and oxygen atoms in total. The molecule has 1 N–H and O–H groups in total. The van der Waals surface area contributed by atoms with Gasteiger partial charge in [0.05, 0.1) is 24.6 Å². The van der Waals surface area contributed by atoms with Crippen molar-refractivity contribution in [3.63, 3.8) is 0 Å². The molecule has 12 heteroatoms. The van der Waals surface area contributed by atoms with Crippen LogP contribution in [0.1, 0.15) is 18.3 Å². The molecule has 1 aliphatic rings. The fraction of sp³-hybridized carbons (Fsp3) is 0.350. The van der Waals surface area contributed by atoms with E-state index in [1.807, 2.05) is 19.9 Å². The van der Waals surface area contributed by atoms with Crippen LogP contribution in [0.2, 0.25) is 0 Å². The van der Waals surface area contributed by atoms with Crippen LogP contribution < -0.4 is 4.90 Å². The van der Waals surface area contributed by atoms with E-state index in [0.29, 0.717) is 42.5 Å². The lowest BCUT2D eigenvalue weighted by Crippen LogP contribution is -2.41. The molecule has 1 aliphatic heterocycles. The molecule has 1 saturated heterocycles. The van der Waals surface area contributed by atoms with Gasteiger partial charge in [-0.3, -0.25) is 5.10 Å². The number of aromatic amines is 1. The van der Waals surface area contributed by atoms with Gasteiger partial charge >= 0.3 is 6.18 Å². The van der Waals surface area contributed by atoms with Gasteiger partial charge in [0.25, 0.3) is 0 Å². The van der Waals surface area contributed by atoms with Crippen molar-refractivity contribution >= 4 is 11.5 Å². The highest BCUT2D eigenvalue weighted by Gasteiger charge is 2.33. The lowest BCUT2D eigenvalue weighted by atomic mass is 10.2. The molecule has 0 radical (unpaired) electrons. The first-order chi connectivity index (χ1) is 15.3. The third-order valence-corrected chi connectivity index (χ3v) is 4.77. The summed E-state index contributed by atoms with van der Waals surface area (Å²) >= 11 is 0. The molecule has 5 heterocycles. The summed E-state index contributed by atoms with van der Waals surface area (Å²) in [5, 5.41) is 10.1. The third-order valence-electron chi connectivity index (χ3n) is 4.77. The van der Waals surface area contributed by atoms with Crippen LogP contribution in [0.15, 0.2) is 43.0 Å². The summed E-state index contributed by atoms with van der Waals surface area (Å²) in [5.41, 5.74) is 1.26. The molecule has 4 aromatic heterocycles. The van der Waals surface area contributed by atoms with Crippen LogP contribution in [0.3, 0.4) is 0 Å². The number of imidazole rings is 1. The van der Waals surface area contributed by atoms with E-state index < -0.39 is 11.9 Å². The highest BCUT2D eigenvalue weighted by Crippen LogP contribution is 2.29. The largest absolute Gasteiger partial charge is 0.435 e. The number of nitrogens with zero attached hydrogens (tertiary/aromatic N) is 7. The van der Waals surface area contributed by atoms with Crippen molar-refractivity contribution in [1.29, 1.82) is 0 Å². The average Bonchev–Trinajstić information content (AvgIpc) is 3.42. The summed E-state index contributed by atoms with van der Waals surface area (Å²) in [5.74, 6) is 0.687. The molecule has 1 unspecified atom stereocenters. The average molecular weight is 446 g/mol. The fourth-order valence-corrected chi connectivity index (χ4v) is 3.21. The van der Waals surface area contributed by atoms with Gasteiger partial charge in [0.15, 0.2) is 11.3 Å². The van der Waals surface area contributed by atoms with Gasteiger partial charge < -0.3 is 9.64 Å². The summed E-state index contributed by atoms with van der Waals surface area (Å²) in [4.78, 5) is 14.6. The molecule has 32 heavy (non-hydrogen) atoms. The second-order valence-electron chi connectivity index (χ2n) is 7.26. The molecule has 0 bridgehead atoms. The Morgan fingerprint density at radius 3 is 2.66 bits per heavy atom. The molecule has 4 aromatic rings. The molecular weight excluding hydrogens is 425 g/mol. The Morgan fingerprint density at radius 1 is 1.16 bits per heavy atom. The van der Waals surface area contributed by atoms with E-state index >= 15 is 0 Å². The van der Waals surface area contributed by atoms with Gasteiger partial charge in [-0.2, -0.15) is 23.4 Å². The van der Waals surface area contributed by atoms with Gasteiger partial charge in [-0.15, -0.1) is 0 Å². The zero-order chi connectivity index (χ0) is 22.7. The first-order valence-corrected chi connectivity index (χ1v) is 9.88. The molecule has 0 saturated carbocycles. The predicted molar refractivity (Wildman–Crippen MR) is 110 cm³/mol. The number of hydrogen-bond donors (Lipinski definition) is 1. The fourth-order valence-electron chi connectivity index (χ4n) is 3.21. The Labute approximate surface area is 181 Å². The number of rotatable bonds is 2. The van der Waals surface area contributed by atoms with Crippen LogP contribution in [0.25, 0.3) is 17.0 Å². The topological polar surface area (TPSA) is 97.1 Å². The van der Waals surface area contributed by atoms with E-state index in [0.717, 1.165) is 16.3 Å². The lowest BCUT2D eigenvalue weighted by Gasteiger charge is -2.32. The summed E-state index contributed by atoms with van der Waals surface area (Å²) in [6.07, 6.45) is 0.120. The normalized spacial score (nSPS) is 16.7. The van der Waals surface area contributed by atoms with E-state index in [4.69, 9.17) is 4.74 Å². The first kappa shape index (κ1) is 21.7. The molecule has 0 spiro atoms. The lowest BCUT2D eigenvalue weighted by molar-refractivity contribution is -0.141. The van der Waals surface area contributed by atoms with Crippen LogP contribution in [-0.2, 0) is 10.9 Å². The van der Waals surface area contributed by atoms with Crippen LogP contribution in [0.4, 0.5) is 19.0 Å². The van der Waals surface area contributed by atoms with Gasteiger partial charge in [0.2, 0.25) is 0 Å². The third kappa shape index (κ3) is 4.85. The van der Waals surface area contributed by atoms with Gasteiger partial charge in [0, 0.05) is 31.0 Å². The van der Waals surface area contributed by atoms with Crippen molar-refractivity contribution in [3.05, 3.63) is 54.4 Å². The minimum Gasteiger partial charge on any atom is -0.375 e. The number of aromatic nitrogens is 7.